The molecule has 0 radical (unpaired) electrons. The summed E-state index contributed by atoms with van der Waals surface area (Å²) in [6.45, 7) is 0. The molecule has 1 heterocycles. The van der Waals surface area contributed by atoms with Crippen LogP contribution in [0.15, 0.2) is 54.7 Å². The Hall–Kier alpha value is -1.65. The van der Waals surface area contributed by atoms with Crippen LogP contribution in [-0.2, 0) is 0 Å². The SMILES string of the molecule is NNC(c1cc(Cl)ccc1Cl)c1cccc2cccnc12. The van der Waals surface area contributed by atoms with E-state index < -0.39 is 0 Å². The number of fused-ring (bicyclic) bond motifs is 1. The Morgan fingerprint density at radius 1 is 1.00 bits per heavy atom. The van der Waals surface area contributed by atoms with Crippen LogP contribution in [0.3, 0.4) is 0 Å². The number of nitrogens with zero attached hydrogens (tertiary/aromatic N) is 1. The third kappa shape index (κ3) is 2.74. The van der Waals surface area contributed by atoms with Gasteiger partial charge in [0.2, 0.25) is 0 Å². The zero-order valence-electron chi connectivity index (χ0n) is 11.1. The van der Waals surface area contributed by atoms with Gasteiger partial charge in [-0.05, 0) is 29.8 Å². The van der Waals surface area contributed by atoms with E-state index in [4.69, 9.17) is 29.0 Å². The maximum Gasteiger partial charge on any atom is 0.0753 e. The summed E-state index contributed by atoms with van der Waals surface area (Å²) < 4.78 is 0. The smallest absolute Gasteiger partial charge is 0.0753 e. The number of nitrogens with one attached hydrogen (secondary N) is 1. The average molecular weight is 318 g/mol. The summed E-state index contributed by atoms with van der Waals surface area (Å²) in [7, 11) is 0. The fourth-order valence-corrected chi connectivity index (χ4v) is 2.85. The molecule has 3 rings (SSSR count). The molecule has 2 aromatic carbocycles. The lowest BCUT2D eigenvalue weighted by molar-refractivity contribution is 0.640. The Kier molecular flexibility index (Phi) is 4.08. The molecule has 0 aliphatic heterocycles. The maximum absolute atomic E-state index is 6.30. The van der Waals surface area contributed by atoms with Gasteiger partial charge in [0.1, 0.15) is 0 Å². The molecule has 1 atom stereocenters. The molecule has 0 saturated heterocycles. The van der Waals surface area contributed by atoms with Crippen LogP contribution in [0.25, 0.3) is 10.9 Å². The number of pyridine rings is 1. The number of halogens is 2. The number of aromatic nitrogens is 1. The lowest BCUT2D eigenvalue weighted by Gasteiger charge is -2.19. The van der Waals surface area contributed by atoms with Gasteiger partial charge in [-0.1, -0.05) is 47.5 Å². The van der Waals surface area contributed by atoms with Crippen LogP contribution in [0.1, 0.15) is 17.2 Å². The number of para-hydroxylation sites is 1. The van der Waals surface area contributed by atoms with Gasteiger partial charge in [-0.15, -0.1) is 0 Å². The minimum atomic E-state index is -0.283. The molecular formula is C16H13Cl2N3. The Labute approximate surface area is 132 Å². The van der Waals surface area contributed by atoms with Gasteiger partial charge >= 0.3 is 0 Å². The number of benzene rings is 2. The number of hydrazine groups is 1. The standard InChI is InChI=1S/C16H13Cl2N3/c17-11-6-7-14(18)13(9-11)16(21-19)12-5-1-3-10-4-2-8-20-15(10)12/h1-9,16,21H,19H2. The molecule has 106 valence electrons. The van der Waals surface area contributed by atoms with Gasteiger partial charge in [0.25, 0.3) is 0 Å². The summed E-state index contributed by atoms with van der Waals surface area (Å²) in [5.41, 5.74) is 5.48. The van der Waals surface area contributed by atoms with E-state index in [1.165, 1.54) is 0 Å². The molecule has 0 aliphatic rings. The van der Waals surface area contributed by atoms with Gasteiger partial charge in [-0.2, -0.15) is 0 Å². The normalized spacial score (nSPS) is 12.5. The van der Waals surface area contributed by atoms with Crippen molar-refractivity contribution >= 4 is 34.1 Å². The second kappa shape index (κ2) is 6.00. The van der Waals surface area contributed by atoms with Crippen LogP contribution >= 0.6 is 23.2 Å². The molecule has 0 fully saturated rings. The van der Waals surface area contributed by atoms with Gasteiger partial charge in [-0.25, -0.2) is 5.43 Å². The second-order valence-corrected chi connectivity index (χ2v) is 5.53. The van der Waals surface area contributed by atoms with Crippen molar-refractivity contribution < 1.29 is 0 Å². The summed E-state index contributed by atoms with van der Waals surface area (Å²) in [6.07, 6.45) is 1.76. The van der Waals surface area contributed by atoms with Gasteiger partial charge in [0.05, 0.1) is 11.6 Å². The minimum absolute atomic E-state index is 0.283. The van der Waals surface area contributed by atoms with E-state index in [0.717, 1.165) is 22.0 Å². The molecule has 1 aromatic heterocycles. The fraction of sp³-hybridized carbons (Fsp3) is 0.0625. The van der Waals surface area contributed by atoms with Crippen LogP contribution in [0.4, 0.5) is 0 Å². The first kappa shape index (κ1) is 14.3. The zero-order valence-corrected chi connectivity index (χ0v) is 12.6. The summed E-state index contributed by atoms with van der Waals surface area (Å²) in [4.78, 5) is 4.46. The molecule has 3 aromatic rings. The van der Waals surface area contributed by atoms with E-state index in [-0.39, 0.29) is 6.04 Å². The molecular weight excluding hydrogens is 305 g/mol. The van der Waals surface area contributed by atoms with Crippen molar-refractivity contribution in [2.24, 2.45) is 5.84 Å². The highest BCUT2D eigenvalue weighted by Crippen LogP contribution is 2.32. The van der Waals surface area contributed by atoms with Crippen molar-refractivity contribution in [2.75, 3.05) is 0 Å². The highest BCUT2D eigenvalue weighted by atomic mass is 35.5. The third-order valence-electron chi connectivity index (χ3n) is 3.41. The number of nitrogens with two attached hydrogens (primary N) is 1. The topological polar surface area (TPSA) is 50.9 Å². The van der Waals surface area contributed by atoms with Crippen molar-refractivity contribution in [1.82, 2.24) is 10.4 Å². The molecule has 5 heteroatoms. The molecule has 0 saturated carbocycles. The van der Waals surface area contributed by atoms with Crippen molar-refractivity contribution in [3.63, 3.8) is 0 Å². The third-order valence-corrected chi connectivity index (χ3v) is 3.99. The van der Waals surface area contributed by atoms with E-state index in [2.05, 4.69) is 10.4 Å². The predicted octanol–water partition coefficient (Wildman–Crippen LogP) is 4.09. The van der Waals surface area contributed by atoms with Crippen LogP contribution in [0.5, 0.6) is 0 Å². The molecule has 3 nitrogen and oxygen atoms in total. The summed E-state index contributed by atoms with van der Waals surface area (Å²) in [5.74, 6) is 5.77. The van der Waals surface area contributed by atoms with Crippen molar-refractivity contribution in [1.29, 1.82) is 0 Å². The fourth-order valence-electron chi connectivity index (χ4n) is 2.44. The van der Waals surface area contributed by atoms with Crippen LogP contribution in [0, 0.1) is 0 Å². The van der Waals surface area contributed by atoms with Gasteiger partial charge < -0.3 is 0 Å². The quantitative estimate of drug-likeness (QED) is 0.565. The van der Waals surface area contributed by atoms with E-state index in [1.54, 1.807) is 18.3 Å². The maximum atomic E-state index is 6.30. The molecule has 21 heavy (non-hydrogen) atoms. The van der Waals surface area contributed by atoms with Gasteiger partial charge in [0, 0.05) is 27.2 Å². The first-order chi connectivity index (χ1) is 10.2. The Morgan fingerprint density at radius 3 is 2.62 bits per heavy atom. The number of hydrogen-bond acceptors (Lipinski definition) is 3. The van der Waals surface area contributed by atoms with E-state index in [9.17, 15) is 0 Å². The van der Waals surface area contributed by atoms with Gasteiger partial charge in [0.15, 0.2) is 0 Å². The molecule has 3 N–H and O–H groups in total. The lowest BCUT2D eigenvalue weighted by Crippen LogP contribution is -2.29. The van der Waals surface area contributed by atoms with Crippen LogP contribution in [-0.4, -0.2) is 4.98 Å². The molecule has 0 bridgehead atoms. The number of hydrogen-bond donors (Lipinski definition) is 2. The van der Waals surface area contributed by atoms with Crippen LogP contribution < -0.4 is 11.3 Å². The summed E-state index contributed by atoms with van der Waals surface area (Å²) in [6, 6.07) is 14.9. The van der Waals surface area contributed by atoms with E-state index in [0.29, 0.717) is 10.0 Å². The second-order valence-electron chi connectivity index (χ2n) is 4.69. The highest BCUT2D eigenvalue weighted by Gasteiger charge is 2.18. The van der Waals surface area contributed by atoms with Crippen molar-refractivity contribution in [3.05, 3.63) is 75.9 Å². The van der Waals surface area contributed by atoms with Crippen molar-refractivity contribution in [3.8, 4) is 0 Å². The van der Waals surface area contributed by atoms with E-state index in [1.807, 2.05) is 36.4 Å². The molecule has 0 amide bonds. The van der Waals surface area contributed by atoms with E-state index >= 15 is 0 Å². The lowest BCUT2D eigenvalue weighted by atomic mass is 9.96. The highest BCUT2D eigenvalue weighted by molar-refractivity contribution is 6.33. The Morgan fingerprint density at radius 2 is 1.81 bits per heavy atom. The average Bonchev–Trinajstić information content (AvgIpc) is 2.51. The predicted molar refractivity (Wildman–Crippen MR) is 87.4 cm³/mol. The minimum Gasteiger partial charge on any atom is -0.271 e. The summed E-state index contributed by atoms with van der Waals surface area (Å²) >= 11 is 12.4. The summed E-state index contributed by atoms with van der Waals surface area (Å²) in [5, 5.41) is 2.27. The largest absolute Gasteiger partial charge is 0.271 e. The monoisotopic (exact) mass is 317 g/mol. The first-order valence-corrected chi connectivity index (χ1v) is 7.21. The molecule has 1 unspecified atom stereocenters. The number of rotatable bonds is 3. The Bertz CT molecular complexity index is 784. The van der Waals surface area contributed by atoms with Crippen molar-refractivity contribution in [2.45, 2.75) is 6.04 Å². The molecule has 0 aliphatic carbocycles. The van der Waals surface area contributed by atoms with Crippen LogP contribution in [0.2, 0.25) is 10.0 Å². The molecule has 0 spiro atoms. The Balaban J connectivity index is 2.21. The zero-order chi connectivity index (χ0) is 14.8. The van der Waals surface area contributed by atoms with Gasteiger partial charge in [-0.3, -0.25) is 10.8 Å². The first-order valence-electron chi connectivity index (χ1n) is 6.45.